The summed E-state index contributed by atoms with van der Waals surface area (Å²) in [6, 6.07) is 4.82. The first-order chi connectivity index (χ1) is 11.3. The molecular weight excluding hydrogens is 327 g/mol. The van der Waals surface area contributed by atoms with E-state index in [1.807, 2.05) is 6.92 Å². The number of amides is 1. The molecule has 0 bridgehead atoms. The minimum Gasteiger partial charge on any atom is -0.347 e. The zero-order chi connectivity index (χ0) is 18.3. The first-order valence-corrected chi connectivity index (χ1v) is 7.52. The average Bonchev–Trinajstić information content (AvgIpc) is 2.58. The standard InChI is InChI=1S/C19H18ClFN2O/c1-5-12(3)14(6-2)11-23-19(24)15(10-22)9-16-17(20)8-7-13(4)18(16)21/h5-9H,1-2,11H2,3-4H3,(H,23,24)/b14-12+,15-9+. The molecule has 0 heterocycles. The second-order valence-corrected chi connectivity index (χ2v) is 5.47. The Labute approximate surface area is 146 Å². The fourth-order valence-corrected chi connectivity index (χ4v) is 2.08. The Morgan fingerprint density at radius 3 is 2.62 bits per heavy atom. The summed E-state index contributed by atoms with van der Waals surface area (Å²) >= 11 is 5.96. The van der Waals surface area contributed by atoms with E-state index < -0.39 is 11.7 Å². The maximum Gasteiger partial charge on any atom is 0.262 e. The lowest BCUT2D eigenvalue weighted by Crippen LogP contribution is -2.26. The quantitative estimate of drug-likeness (QED) is 0.469. The van der Waals surface area contributed by atoms with Crippen LogP contribution in [-0.2, 0) is 4.79 Å². The molecule has 0 aliphatic carbocycles. The highest BCUT2D eigenvalue weighted by molar-refractivity contribution is 6.32. The van der Waals surface area contributed by atoms with Gasteiger partial charge in [-0.15, -0.1) is 0 Å². The fraction of sp³-hybridized carbons (Fsp3) is 0.158. The molecule has 0 radical (unpaired) electrons. The molecule has 0 atom stereocenters. The molecule has 1 amide bonds. The minimum atomic E-state index is -0.620. The normalized spacial score (nSPS) is 12.0. The summed E-state index contributed by atoms with van der Waals surface area (Å²) in [7, 11) is 0. The number of nitrogens with zero attached hydrogens (tertiary/aromatic N) is 1. The second kappa shape index (κ2) is 8.85. The van der Waals surface area contributed by atoms with Crippen LogP contribution in [0.1, 0.15) is 18.1 Å². The Morgan fingerprint density at radius 2 is 2.08 bits per heavy atom. The molecular formula is C19H18ClFN2O. The number of halogens is 2. The molecule has 1 N–H and O–H groups in total. The van der Waals surface area contributed by atoms with Crippen molar-refractivity contribution in [3.05, 3.63) is 76.1 Å². The average molecular weight is 345 g/mol. The number of allylic oxidation sites excluding steroid dienone is 2. The van der Waals surface area contributed by atoms with Gasteiger partial charge in [0.05, 0.1) is 5.02 Å². The zero-order valence-electron chi connectivity index (χ0n) is 13.6. The van der Waals surface area contributed by atoms with Crippen LogP contribution in [0.2, 0.25) is 5.02 Å². The van der Waals surface area contributed by atoms with Crippen LogP contribution in [0.15, 0.2) is 54.2 Å². The molecule has 0 fully saturated rings. The summed E-state index contributed by atoms with van der Waals surface area (Å²) in [5, 5.41) is 11.9. The Morgan fingerprint density at radius 1 is 1.42 bits per heavy atom. The third-order valence-corrected chi connectivity index (χ3v) is 3.80. The molecule has 0 spiro atoms. The number of nitrogens with one attached hydrogen (secondary N) is 1. The van der Waals surface area contributed by atoms with Gasteiger partial charge in [-0.25, -0.2) is 4.39 Å². The molecule has 0 unspecified atom stereocenters. The number of nitriles is 1. The number of benzene rings is 1. The topological polar surface area (TPSA) is 52.9 Å². The van der Waals surface area contributed by atoms with E-state index in [0.717, 1.165) is 17.2 Å². The van der Waals surface area contributed by atoms with Crippen molar-refractivity contribution in [1.82, 2.24) is 5.32 Å². The monoisotopic (exact) mass is 344 g/mol. The lowest BCUT2D eigenvalue weighted by Gasteiger charge is -2.08. The molecule has 1 aromatic carbocycles. The molecule has 0 aromatic heterocycles. The third kappa shape index (κ3) is 4.68. The highest BCUT2D eigenvalue weighted by Gasteiger charge is 2.14. The van der Waals surface area contributed by atoms with Gasteiger partial charge in [-0.3, -0.25) is 4.79 Å². The summed E-state index contributed by atoms with van der Waals surface area (Å²) in [6.45, 7) is 10.9. The minimum absolute atomic E-state index is 0.0186. The third-order valence-electron chi connectivity index (χ3n) is 3.47. The Balaban J connectivity index is 3.09. The summed E-state index contributed by atoms with van der Waals surface area (Å²) in [6.07, 6.45) is 4.40. The summed E-state index contributed by atoms with van der Waals surface area (Å²) < 4.78 is 14.1. The van der Waals surface area contributed by atoms with Gasteiger partial charge >= 0.3 is 0 Å². The van der Waals surface area contributed by atoms with Crippen molar-refractivity contribution in [3.8, 4) is 6.07 Å². The van der Waals surface area contributed by atoms with Crippen molar-refractivity contribution in [2.24, 2.45) is 0 Å². The number of aryl methyl sites for hydroxylation is 1. The van der Waals surface area contributed by atoms with Crippen LogP contribution >= 0.6 is 11.6 Å². The van der Waals surface area contributed by atoms with Crippen molar-refractivity contribution in [2.75, 3.05) is 6.54 Å². The van der Waals surface area contributed by atoms with Crippen LogP contribution < -0.4 is 5.32 Å². The van der Waals surface area contributed by atoms with E-state index in [2.05, 4.69) is 18.5 Å². The van der Waals surface area contributed by atoms with Gasteiger partial charge in [-0.2, -0.15) is 5.26 Å². The maximum atomic E-state index is 14.1. The van der Waals surface area contributed by atoms with Crippen LogP contribution in [0, 0.1) is 24.1 Å². The summed E-state index contributed by atoms with van der Waals surface area (Å²) in [5.41, 5.74) is 1.80. The number of hydrogen-bond donors (Lipinski definition) is 1. The molecule has 1 aromatic rings. The van der Waals surface area contributed by atoms with Crippen LogP contribution in [0.3, 0.4) is 0 Å². The second-order valence-electron chi connectivity index (χ2n) is 5.06. The lowest BCUT2D eigenvalue weighted by molar-refractivity contribution is -0.116. The highest BCUT2D eigenvalue weighted by atomic mass is 35.5. The molecule has 0 aliphatic heterocycles. The van der Waals surface area contributed by atoms with E-state index in [0.29, 0.717) is 5.56 Å². The van der Waals surface area contributed by atoms with Gasteiger partial charge in [-0.05, 0) is 42.7 Å². The van der Waals surface area contributed by atoms with E-state index in [4.69, 9.17) is 11.6 Å². The molecule has 5 heteroatoms. The predicted molar refractivity (Wildman–Crippen MR) is 95.8 cm³/mol. The number of carbonyl (C=O) groups excluding carboxylic acids is 1. The number of hydrogen-bond acceptors (Lipinski definition) is 2. The van der Waals surface area contributed by atoms with E-state index in [1.165, 1.54) is 12.1 Å². The van der Waals surface area contributed by atoms with Crippen LogP contribution in [0.4, 0.5) is 4.39 Å². The van der Waals surface area contributed by atoms with Crippen LogP contribution in [0.5, 0.6) is 0 Å². The van der Waals surface area contributed by atoms with Crippen molar-refractivity contribution < 1.29 is 9.18 Å². The van der Waals surface area contributed by atoms with E-state index in [1.54, 1.807) is 25.1 Å². The molecule has 3 nitrogen and oxygen atoms in total. The highest BCUT2D eigenvalue weighted by Crippen LogP contribution is 2.24. The van der Waals surface area contributed by atoms with Crippen molar-refractivity contribution in [2.45, 2.75) is 13.8 Å². The first kappa shape index (κ1) is 19.4. The molecule has 24 heavy (non-hydrogen) atoms. The Bertz CT molecular complexity index is 785. The van der Waals surface area contributed by atoms with Gasteiger partial charge in [0.2, 0.25) is 0 Å². The van der Waals surface area contributed by atoms with Crippen LogP contribution in [0.25, 0.3) is 6.08 Å². The summed E-state index contributed by atoms with van der Waals surface area (Å²) in [4.78, 5) is 12.2. The SMILES string of the molecule is C=C/C(C)=C(\C=C)CNC(=O)/C(C#N)=C/c1c(Cl)ccc(C)c1F. The van der Waals surface area contributed by atoms with Gasteiger partial charge in [0.25, 0.3) is 5.91 Å². The van der Waals surface area contributed by atoms with Gasteiger partial charge < -0.3 is 5.32 Å². The van der Waals surface area contributed by atoms with Crippen molar-refractivity contribution in [3.63, 3.8) is 0 Å². The lowest BCUT2D eigenvalue weighted by atomic mass is 10.1. The van der Waals surface area contributed by atoms with E-state index >= 15 is 0 Å². The molecule has 1 rings (SSSR count). The molecule has 0 saturated carbocycles. The van der Waals surface area contributed by atoms with Gasteiger partial charge in [0.1, 0.15) is 17.5 Å². The number of carbonyl (C=O) groups is 1. The van der Waals surface area contributed by atoms with E-state index in [9.17, 15) is 14.4 Å². The molecule has 0 saturated heterocycles. The molecule has 0 aliphatic rings. The van der Waals surface area contributed by atoms with Gasteiger partial charge in [-0.1, -0.05) is 43.0 Å². The first-order valence-electron chi connectivity index (χ1n) is 7.14. The number of rotatable bonds is 6. The Hall–Kier alpha value is -2.64. The Kier molecular flexibility index (Phi) is 7.16. The van der Waals surface area contributed by atoms with Crippen molar-refractivity contribution >= 4 is 23.6 Å². The van der Waals surface area contributed by atoms with Gasteiger partial charge in [0, 0.05) is 12.1 Å². The largest absolute Gasteiger partial charge is 0.347 e. The maximum absolute atomic E-state index is 14.1. The summed E-state index contributed by atoms with van der Waals surface area (Å²) in [5.74, 6) is -1.18. The zero-order valence-corrected chi connectivity index (χ0v) is 14.4. The predicted octanol–water partition coefficient (Wildman–Crippen LogP) is 4.50. The van der Waals surface area contributed by atoms with E-state index in [-0.39, 0.29) is 22.7 Å². The van der Waals surface area contributed by atoms with Gasteiger partial charge in [0.15, 0.2) is 0 Å². The molecule has 124 valence electrons. The smallest absolute Gasteiger partial charge is 0.262 e. The fourth-order valence-electron chi connectivity index (χ4n) is 1.88. The van der Waals surface area contributed by atoms with Crippen molar-refractivity contribution in [1.29, 1.82) is 5.26 Å². The van der Waals surface area contributed by atoms with Crippen LogP contribution in [-0.4, -0.2) is 12.5 Å².